The maximum Gasteiger partial charge on any atom is 0.206 e. The highest BCUT2D eigenvalue weighted by molar-refractivity contribution is 5.73. The molecule has 0 aromatic carbocycles. The molecule has 0 amide bonds. The topological polar surface area (TPSA) is 55.9 Å². The molecule has 1 aliphatic rings. The predicted molar refractivity (Wildman–Crippen MR) is 76.0 cm³/mol. The molecule has 0 bridgehead atoms. The zero-order valence-electron chi connectivity index (χ0n) is 11.1. The molecule has 4 heterocycles. The Morgan fingerprint density at radius 3 is 3.10 bits per heavy atom. The van der Waals surface area contributed by atoms with Crippen LogP contribution in [0.4, 0.5) is 0 Å². The molecular formula is C15H16N4O. The van der Waals surface area contributed by atoms with E-state index >= 15 is 0 Å². The molecule has 0 radical (unpaired) electrons. The standard InChI is InChI=1S/C15H16N4O/c1-4-11(10-16-7-1)14-18-12-5-2-8-17-15(12)19(14)13-6-3-9-20-13/h2-3,5-6,8-9,11,16H,1,4,7,10H2. The lowest BCUT2D eigenvalue weighted by atomic mass is 9.99. The van der Waals surface area contributed by atoms with E-state index in [1.165, 1.54) is 6.42 Å². The summed E-state index contributed by atoms with van der Waals surface area (Å²) in [6.07, 6.45) is 5.82. The van der Waals surface area contributed by atoms with Crippen molar-refractivity contribution in [3.63, 3.8) is 0 Å². The Labute approximate surface area is 116 Å². The molecule has 1 aliphatic heterocycles. The minimum absolute atomic E-state index is 0.406. The molecule has 3 aromatic rings. The first-order chi connectivity index (χ1) is 9.93. The van der Waals surface area contributed by atoms with Crippen molar-refractivity contribution in [2.75, 3.05) is 13.1 Å². The summed E-state index contributed by atoms with van der Waals surface area (Å²) in [6, 6.07) is 7.77. The molecule has 1 atom stereocenters. The zero-order valence-corrected chi connectivity index (χ0v) is 11.1. The van der Waals surface area contributed by atoms with Crippen LogP contribution in [0.25, 0.3) is 17.0 Å². The van der Waals surface area contributed by atoms with E-state index < -0.39 is 0 Å². The van der Waals surface area contributed by atoms with Crippen LogP contribution in [0, 0.1) is 0 Å². The largest absolute Gasteiger partial charge is 0.448 e. The van der Waals surface area contributed by atoms with Crippen LogP contribution in [0.15, 0.2) is 41.1 Å². The minimum Gasteiger partial charge on any atom is -0.448 e. The molecule has 1 saturated heterocycles. The molecular weight excluding hydrogens is 252 g/mol. The van der Waals surface area contributed by atoms with Crippen LogP contribution < -0.4 is 5.32 Å². The minimum atomic E-state index is 0.406. The number of nitrogens with one attached hydrogen (secondary N) is 1. The van der Waals surface area contributed by atoms with Crippen molar-refractivity contribution in [1.82, 2.24) is 19.9 Å². The van der Waals surface area contributed by atoms with Gasteiger partial charge in [-0.2, -0.15) is 0 Å². The van der Waals surface area contributed by atoms with E-state index in [9.17, 15) is 0 Å². The van der Waals surface area contributed by atoms with E-state index in [2.05, 4.69) is 10.3 Å². The molecule has 0 aliphatic carbocycles. The second-order valence-corrected chi connectivity index (χ2v) is 5.15. The summed E-state index contributed by atoms with van der Waals surface area (Å²) in [5.74, 6) is 2.23. The average Bonchev–Trinajstić information content (AvgIpc) is 3.14. The van der Waals surface area contributed by atoms with Gasteiger partial charge >= 0.3 is 0 Å². The molecule has 102 valence electrons. The van der Waals surface area contributed by atoms with Gasteiger partial charge in [-0.3, -0.25) is 0 Å². The molecule has 5 heteroatoms. The number of piperidine rings is 1. The quantitative estimate of drug-likeness (QED) is 0.775. The lowest BCUT2D eigenvalue weighted by molar-refractivity contribution is 0.436. The Morgan fingerprint density at radius 1 is 1.30 bits per heavy atom. The molecule has 3 aromatic heterocycles. The summed E-state index contributed by atoms with van der Waals surface area (Å²) >= 11 is 0. The van der Waals surface area contributed by atoms with Crippen LogP contribution in [0.3, 0.4) is 0 Å². The molecule has 0 spiro atoms. The number of fused-ring (bicyclic) bond motifs is 1. The predicted octanol–water partition coefficient (Wildman–Crippen LogP) is 2.48. The SMILES string of the molecule is c1coc(-n2c(C3CCCNC3)nc3cccnc32)c1. The van der Waals surface area contributed by atoms with Crippen LogP contribution in [-0.2, 0) is 0 Å². The summed E-state index contributed by atoms with van der Waals surface area (Å²) < 4.78 is 7.63. The summed E-state index contributed by atoms with van der Waals surface area (Å²) in [5.41, 5.74) is 1.78. The zero-order chi connectivity index (χ0) is 13.4. The number of nitrogens with zero attached hydrogens (tertiary/aromatic N) is 3. The fourth-order valence-electron chi connectivity index (χ4n) is 2.89. The molecule has 5 nitrogen and oxygen atoms in total. The van der Waals surface area contributed by atoms with Crippen LogP contribution in [0.5, 0.6) is 0 Å². The van der Waals surface area contributed by atoms with E-state index in [-0.39, 0.29) is 0 Å². The van der Waals surface area contributed by atoms with Gasteiger partial charge < -0.3 is 9.73 Å². The van der Waals surface area contributed by atoms with Gasteiger partial charge in [0.05, 0.1) is 6.26 Å². The summed E-state index contributed by atoms with van der Waals surface area (Å²) in [7, 11) is 0. The Balaban J connectivity index is 1.92. The van der Waals surface area contributed by atoms with E-state index in [0.717, 1.165) is 42.4 Å². The van der Waals surface area contributed by atoms with Crippen molar-refractivity contribution >= 4 is 11.2 Å². The van der Waals surface area contributed by atoms with Crippen molar-refractivity contribution in [3.8, 4) is 5.88 Å². The van der Waals surface area contributed by atoms with Crippen molar-refractivity contribution in [2.45, 2.75) is 18.8 Å². The average molecular weight is 268 g/mol. The molecule has 1 N–H and O–H groups in total. The normalized spacial score (nSPS) is 19.5. The van der Waals surface area contributed by atoms with Crippen LogP contribution >= 0.6 is 0 Å². The van der Waals surface area contributed by atoms with Gasteiger partial charge in [0.2, 0.25) is 5.88 Å². The van der Waals surface area contributed by atoms with E-state index in [1.54, 1.807) is 12.5 Å². The third-order valence-electron chi connectivity index (χ3n) is 3.83. The summed E-state index contributed by atoms with van der Waals surface area (Å²) in [6.45, 7) is 2.06. The Kier molecular flexibility index (Phi) is 2.77. The number of aromatic nitrogens is 3. The fourth-order valence-corrected chi connectivity index (χ4v) is 2.89. The van der Waals surface area contributed by atoms with Crippen LogP contribution in [-0.4, -0.2) is 27.6 Å². The maximum atomic E-state index is 5.58. The number of hydrogen-bond acceptors (Lipinski definition) is 4. The van der Waals surface area contributed by atoms with E-state index in [0.29, 0.717) is 5.92 Å². The van der Waals surface area contributed by atoms with Gasteiger partial charge in [0, 0.05) is 24.7 Å². The highest BCUT2D eigenvalue weighted by atomic mass is 16.3. The van der Waals surface area contributed by atoms with E-state index in [1.807, 2.05) is 28.8 Å². The lowest BCUT2D eigenvalue weighted by Crippen LogP contribution is -2.29. The smallest absolute Gasteiger partial charge is 0.206 e. The van der Waals surface area contributed by atoms with Crippen molar-refractivity contribution < 1.29 is 4.42 Å². The monoisotopic (exact) mass is 268 g/mol. The fraction of sp³-hybridized carbons (Fsp3) is 0.333. The summed E-state index contributed by atoms with van der Waals surface area (Å²) in [4.78, 5) is 9.27. The van der Waals surface area contributed by atoms with Crippen molar-refractivity contribution in [3.05, 3.63) is 42.5 Å². The Hall–Kier alpha value is -2.14. The van der Waals surface area contributed by atoms with Gasteiger partial charge in [-0.05, 0) is 37.6 Å². The first kappa shape index (κ1) is 11.7. The molecule has 1 fully saturated rings. The van der Waals surface area contributed by atoms with Gasteiger partial charge in [0.15, 0.2) is 5.65 Å². The Morgan fingerprint density at radius 2 is 2.30 bits per heavy atom. The maximum absolute atomic E-state index is 5.58. The molecule has 4 rings (SSSR count). The first-order valence-corrected chi connectivity index (χ1v) is 7.01. The number of imidazole rings is 1. The van der Waals surface area contributed by atoms with Gasteiger partial charge in [-0.25, -0.2) is 14.5 Å². The number of rotatable bonds is 2. The van der Waals surface area contributed by atoms with Crippen LogP contribution in [0.2, 0.25) is 0 Å². The van der Waals surface area contributed by atoms with Crippen LogP contribution in [0.1, 0.15) is 24.6 Å². The lowest BCUT2D eigenvalue weighted by Gasteiger charge is -2.22. The summed E-state index contributed by atoms with van der Waals surface area (Å²) in [5, 5.41) is 3.45. The van der Waals surface area contributed by atoms with Gasteiger partial charge in [-0.15, -0.1) is 0 Å². The third kappa shape index (κ3) is 1.82. The van der Waals surface area contributed by atoms with Crippen molar-refractivity contribution in [2.24, 2.45) is 0 Å². The number of hydrogen-bond donors (Lipinski definition) is 1. The van der Waals surface area contributed by atoms with Crippen molar-refractivity contribution in [1.29, 1.82) is 0 Å². The molecule has 20 heavy (non-hydrogen) atoms. The highest BCUT2D eigenvalue weighted by Gasteiger charge is 2.24. The van der Waals surface area contributed by atoms with Gasteiger partial charge in [0.1, 0.15) is 11.3 Å². The number of pyridine rings is 1. The van der Waals surface area contributed by atoms with Gasteiger partial charge in [0.25, 0.3) is 0 Å². The second-order valence-electron chi connectivity index (χ2n) is 5.15. The van der Waals surface area contributed by atoms with Gasteiger partial charge in [-0.1, -0.05) is 0 Å². The number of furan rings is 1. The highest BCUT2D eigenvalue weighted by Crippen LogP contribution is 2.28. The first-order valence-electron chi connectivity index (χ1n) is 7.01. The molecule has 0 saturated carbocycles. The second kappa shape index (κ2) is 4.76. The van der Waals surface area contributed by atoms with E-state index in [4.69, 9.17) is 9.40 Å². The third-order valence-corrected chi connectivity index (χ3v) is 3.83. The Bertz CT molecular complexity index is 711. The molecule has 1 unspecified atom stereocenters.